The van der Waals surface area contributed by atoms with Gasteiger partial charge in [0.1, 0.15) is 13.2 Å². The molecule has 0 fully saturated rings. The van der Waals surface area contributed by atoms with Gasteiger partial charge in [0.15, 0.2) is 18.4 Å². The second-order valence-electron chi connectivity index (χ2n) is 7.40. The molecule has 0 bridgehead atoms. The first-order chi connectivity index (χ1) is 11.6. The second kappa shape index (κ2) is 8.23. The topological polar surface area (TPSA) is 79.5 Å². The minimum atomic E-state index is -6.09. The van der Waals surface area contributed by atoms with Crippen molar-refractivity contribution < 1.29 is 39.9 Å². The first-order valence-corrected chi connectivity index (χ1v) is 13.0. The minimum absolute atomic E-state index is 0.269. The third-order valence-corrected chi connectivity index (χ3v) is 10.2. The highest BCUT2D eigenvalue weighted by molar-refractivity contribution is 7.86. The molecule has 152 valence electrons. The van der Waals surface area contributed by atoms with Crippen LogP contribution in [0.5, 0.6) is 0 Å². The van der Waals surface area contributed by atoms with Gasteiger partial charge in [-0.3, -0.25) is 0 Å². The molecule has 0 radical (unpaired) electrons. The van der Waals surface area contributed by atoms with Crippen LogP contribution in [0, 0.1) is 0 Å². The smallest absolute Gasteiger partial charge is 0.485 e. The molecule has 0 aliphatic carbocycles. The summed E-state index contributed by atoms with van der Waals surface area (Å²) in [6, 6.07) is 0.342. The number of ether oxygens (including phenoxy) is 1. The van der Waals surface area contributed by atoms with Crippen molar-refractivity contribution in [1.82, 2.24) is 0 Å². The van der Waals surface area contributed by atoms with Gasteiger partial charge in [0.25, 0.3) is 0 Å². The zero-order chi connectivity index (χ0) is 20.4. The lowest BCUT2D eigenvalue weighted by Gasteiger charge is -2.36. The van der Waals surface area contributed by atoms with Crippen molar-refractivity contribution in [2.45, 2.75) is 57.1 Å². The molecule has 0 saturated heterocycles. The molecule has 0 saturated carbocycles. The van der Waals surface area contributed by atoms with Gasteiger partial charge in [0.05, 0.1) is 12.0 Å². The summed E-state index contributed by atoms with van der Waals surface area (Å²) in [4.78, 5) is 0. The van der Waals surface area contributed by atoms with E-state index in [1.165, 1.54) is 5.69 Å². The fourth-order valence-electron chi connectivity index (χ4n) is 1.76. The summed E-state index contributed by atoms with van der Waals surface area (Å²) < 4.78 is 73.2. The van der Waals surface area contributed by atoms with E-state index in [1.807, 2.05) is 0 Å². The predicted octanol–water partition coefficient (Wildman–Crippen LogP) is 3.18. The molecule has 2 heterocycles. The summed E-state index contributed by atoms with van der Waals surface area (Å²) in [5.74, 6) is 0. The number of halogens is 3. The Morgan fingerprint density at radius 1 is 1.38 bits per heavy atom. The van der Waals surface area contributed by atoms with Gasteiger partial charge in [-0.05, 0) is 18.1 Å². The summed E-state index contributed by atoms with van der Waals surface area (Å²) in [5.41, 5.74) is -2.19. The Balaban J connectivity index is 0.000000359. The minimum Gasteiger partial charge on any atom is -0.741 e. The standard InChI is InChI=1S/C13H24NO2SSi.CHF3O3S/c1-13(2,3)18(4,5)16-8-11-6-15-7-12-9-17-10-14(11)12;2-1(3,4)8(5,6)7/h9-11H,6-8H2,1-5H3;(H,5,6,7)/q+1;/p-1/t11-;/m1./s1. The predicted molar refractivity (Wildman–Crippen MR) is 92.1 cm³/mol. The molecule has 1 aromatic rings. The van der Waals surface area contributed by atoms with Gasteiger partial charge in [-0.2, -0.15) is 17.7 Å². The molecule has 1 aromatic heterocycles. The third kappa shape index (κ3) is 6.27. The number of alkyl halides is 3. The maximum absolute atomic E-state index is 10.7. The van der Waals surface area contributed by atoms with Crippen LogP contribution in [0.1, 0.15) is 32.5 Å². The van der Waals surface area contributed by atoms with Crippen LogP contribution < -0.4 is 4.57 Å². The Labute approximate surface area is 156 Å². The maximum atomic E-state index is 10.7. The summed E-state index contributed by atoms with van der Waals surface area (Å²) in [5, 5.41) is 2.43. The van der Waals surface area contributed by atoms with Crippen molar-refractivity contribution in [3.63, 3.8) is 0 Å². The molecule has 0 amide bonds. The largest absolute Gasteiger partial charge is 0.741 e. The van der Waals surface area contributed by atoms with E-state index in [4.69, 9.17) is 22.1 Å². The highest BCUT2D eigenvalue weighted by atomic mass is 32.2. The van der Waals surface area contributed by atoms with Gasteiger partial charge < -0.3 is 13.7 Å². The third-order valence-electron chi connectivity index (χ3n) is 4.39. The van der Waals surface area contributed by atoms with E-state index in [9.17, 15) is 13.2 Å². The Morgan fingerprint density at radius 3 is 2.38 bits per heavy atom. The normalized spacial score (nSPS) is 18.7. The maximum Gasteiger partial charge on any atom is 0.485 e. The van der Waals surface area contributed by atoms with E-state index in [2.05, 4.69) is 49.3 Å². The molecule has 0 spiro atoms. The van der Waals surface area contributed by atoms with Crippen LogP contribution in [0.4, 0.5) is 13.2 Å². The lowest BCUT2D eigenvalue weighted by Crippen LogP contribution is -2.51. The Hall–Kier alpha value is -0.533. The first-order valence-electron chi connectivity index (χ1n) is 7.76. The van der Waals surface area contributed by atoms with Crippen LogP contribution in [-0.2, 0) is 25.9 Å². The molecule has 0 N–H and O–H groups in total. The lowest BCUT2D eigenvalue weighted by molar-refractivity contribution is -0.739. The first kappa shape index (κ1) is 23.5. The molecule has 1 atom stereocenters. The number of aromatic nitrogens is 1. The summed E-state index contributed by atoms with van der Waals surface area (Å²) in [6.07, 6.45) is 0. The summed E-state index contributed by atoms with van der Waals surface area (Å²) in [7, 11) is -7.75. The number of hydrogen-bond donors (Lipinski definition) is 0. The van der Waals surface area contributed by atoms with Gasteiger partial charge >= 0.3 is 5.51 Å². The van der Waals surface area contributed by atoms with Crippen molar-refractivity contribution in [2.24, 2.45) is 0 Å². The molecule has 6 nitrogen and oxygen atoms in total. The summed E-state index contributed by atoms with van der Waals surface area (Å²) in [6.45, 7) is 13.7. The Morgan fingerprint density at radius 2 is 1.92 bits per heavy atom. The van der Waals surface area contributed by atoms with Crippen LogP contribution in [-0.4, -0.2) is 40.0 Å². The van der Waals surface area contributed by atoms with Gasteiger partial charge in [0.2, 0.25) is 17.2 Å². The quantitative estimate of drug-likeness (QED) is 0.315. The molecule has 26 heavy (non-hydrogen) atoms. The van der Waals surface area contributed by atoms with E-state index >= 15 is 0 Å². The number of hydrogen-bond acceptors (Lipinski definition) is 6. The van der Waals surface area contributed by atoms with Crippen LogP contribution in [0.3, 0.4) is 0 Å². The van der Waals surface area contributed by atoms with Gasteiger partial charge in [-0.15, -0.1) is 0 Å². The molecule has 12 heteroatoms. The molecule has 0 aromatic carbocycles. The molecular formula is C14H24F3NO5S2Si. The van der Waals surface area contributed by atoms with E-state index in [-0.39, 0.29) is 5.04 Å². The van der Waals surface area contributed by atoms with Gasteiger partial charge in [-0.1, -0.05) is 32.1 Å². The van der Waals surface area contributed by atoms with Crippen LogP contribution in [0.15, 0.2) is 10.9 Å². The highest BCUT2D eigenvalue weighted by Crippen LogP contribution is 2.36. The van der Waals surface area contributed by atoms with Crippen LogP contribution in [0.25, 0.3) is 0 Å². The fraction of sp³-hybridized carbons (Fsp3) is 0.786. The molecule has 2 rings (SSSR count). The SMILES string of the molecule is CC(C)(C)[Si](C)(C)OC[C@H]1COCc2csc[n+]21.O=S(=O)([O-])C(F)(F)F. The van der Waals surface area contributed by atoms with Crippen molar-refractivity contribution >= 4 is 29.8 Å². The zero-order valence-corrected chi connectivity index (χ0v) is 17.9. The van der Waals surface area contributed by atoms with Crippen LogP contribution in [0.2, 0.25) is 18.1 Å². The number of thiazole rings is 1. The average molecular weight is 436 g/mol. The number of fused-ring (bicyclic) bond motifs is 1. The van der Waals surface area contributed by atoms with E-state index in [1.54, 1.807) is 11.3 Å². The fourth-order valence-corrected chi connectivity index (χ4v) is 3.65. The van der Waals surface area contributed by atoms with Crippen molar-refractivity contribution in [3.05, 3.63) is 16.6 Å². The molecule has 1 aliphatic heterocycles. The van der Waals surface area contributed by atoms with E-state index in [0.29, 0.717) is 6.04 Å². The number of rotatable bonds is 3. The number of nitrogens with zero attached hydrogens (tertiary/aromatic N) is 1. The van der Waals surface area contributed by atoms with Crippen molar-refractivity contribution in [3.8, 4) is 0 Å². The highest BCUT2D eigenvalue weighted by Gasteiger charge is 2.39. The second-order valence-corrected chi connectivity index (χ2v) is 14.3. The van der Waals surface area contributed by atoms with Gasteiger partial charge in [-0.25, -0.2) is 8.42 Å². The van der Waals surface area contributed by atoms with Crippen molar-refractivity contribution in [2.75, 3.05) is 13.2 Å². The van der Waals surface area contributed by atoms with E-state index in [0.717, 1.165) is 19.8 Å². The Kier molecular flexibility index (Phi) is 7.44. The van der Waals surface area contributed by atoms with Crippen molar-refractivity contribution in [1.29, 1.82) is 0 Å². The lowest BCUT2D eigenvalue weighted by atomic mass is 10.2. The van der Waals surface area contributed by atoms with Gasteiger partial charge in [0, 0.05) is 0 Å². The average Bonchev–Trinajstić information content (AvgIpc) is 2.91. The molecule has 0 unspecified atom stereocenters. The molecular weight excluding hydrogens is 411 g/mol. The molecule has 1 aliphatic rings. The zero-order valence-electron chi connectivity index (χ0n) is 15.3. The summed E-state index contributed by atoms with van der Waals surface area (Å²) >= 11 is 1.74. The monoisotopic (exact) mass is 435 g/mol. The Bertz CT molecular complexity index is 698. The van der Waals surface area contributed by atoms with E-state index < -0.39 is 23.9 Å². The van der Waals surface area contributed by atoms with Crippen LogP contribution >= 0.6 is 11.3 Å².